The normalized spacial score (nSPS) is 15.5. The molecule has 4 heteroatoms. The number of carbonyl (C=O) groups excluding carboxylic acids is 1. The number of rotatable bonds is 7. The Balaban J connectivity index is 1.93. The summed E-state index contributed by atoms with van der Waals surface area (Å²) in [6.07, 6.45) is 0. The summed E-state index contributed by atoms with van der Waals surface area (Å²) in [5, 5.41) is 6.28. The van der Waals surface area contributed by atoms with E-state index in [4.69, 9.17) is 4.74 Å². The number of hydrogen-bond donors (Lipinski definition) is 2. The van der Waals surface area contributed by atoms with Crippen LogP contribution in [0.5, 0.6) is 5.75 Å². The maximum atomic E-state index is 12.4. The van der Waals surface area contributed by atoms with Gasteiger partial charge in [-0.15, -0.1) is 0 Å². The first kappa shape index (κ1) is 16.8. The van der Waals surface area contributed by atoms with Gasteiger partial charge in [0.15, 0.2) is 0 Å². The molecule has 122 valence electrons. The lowest BCUT2D eigenvalue weighted by Gasteiger charge is -2.30. The summed E-state index contributed by atoms with van der Waals surface area (Å²) in [6, 6.07) is 7.87. The molecule has 0 radical (unpaired) electrons. The van der Waals surface area contributed by atoms with Crippen molar-refractivity contribution in [2.24, 2.45) is 11.8 Å². The van der Waals surface area contributed by atoms with Crippen LogP contribution >= 0.6 is 0 Å². The molecule has 1 fully saturated rings. The summed E-state index contributed by atoms with van der Waals surface area (Å²) >= 11 is 0. The molecule has 1 heterocycles. The van der Waals surface area contributed by atoms with Crippen LogP contribution in [0.4, 0.5) is 0 Å². The molecule has 0 aromatic heterocycles. The van der Waals surface area contributed by atoms with Gasteiger partial charge in [-0.3, -0.25) is 4.79 Å². The summed E-state index contributed by atoms with van der Waals surface area (Å²) in [5.74, 6) is 2.01. The van der Waals surface area contributed by atoms with Crippen LogP contribution < -0.4 is 15.4 Å². The molecule has 1 amide bonds. The van der Waals surface area contributed by atoms with Gasteiger partial charge in [0, 0.05) is 25.6 Å². The molecule has 0 bridgehead atoms. The van der Waals surface area contributed by atoms with E-state index in [0.717, 1.165) is 30.9 Å². The SMILES string of the molecule is CC(C)COc1ccc(C(C)(C)C(=O)NCC2CNC2)cc1. The minimum Gasteiger partial charge on any atom is -0.493 e. The fourth-order valence-electron chi connectivity index (χ4n) is 2.31. The molecule has 1 aliphatic rings. The van der Waals surface area contributed by atoms with E-state index in [2.05, 4.69) is 24.5 Å². The molecule has 22 heavy (non-hydrogen) atoms. The van der Waals surface area contributed by atoms with Gasteiger partial charge in [-0.25, -0.2) is 0 Å². The van der Waals surface area contributed by atoms with Gasteiger partial charge in [0.25, 0.3) is 0 Å². The smallest absolute Gasteiger partial charge is 0.230 e. The van der Waals surface area contributed by atoms with Crippen LogP contribution in [-0.2, 0) is 10.2 Å². The van der Waals surface area contributed by atoms with Gasteiger partial charge < -0.3 is 15.4 Å². The van der Waals surface area contributed by atoms with Crippen molar-refractivity contribution in [3.05, 3.63) is 29.8 Å². The van der Waals surface area contributed by atoms with Crippen molar-refractivity contribution in [3.63, 3.8) is 0 Å². The van der Waals surface area contributed by atoms with Gasteiger partial charge in [0.05, 0.1) is 12.0 Å². The second kappa shape index (κ2) is 7.14. The van der Waals surface area contributed by atoms with Crippen LogP contribution in [0.1, 0.15) is 33.3 Å². The largest absolute Gasteiger partial charge is 0.493 e. The summed E-state index contributed by atoms with van der Waals surface area (Å²) in [5.41, 5.74) is 0.474. The first-order chi connectivity index (χ1) is 10.4. The van der Waals surface area contributed by atoms with E-state index in [9.17, 15) is 4.79 Å². The third-order valence-electron chi connectivity index (χ3n) is 4.14. The highest BCUT2D eigenvalue weighted by atomic mass is 16.5. The fourth-order valence-corrected chi connectivity index (χ4v) is 2.31. The van der Waals surface area contributed by atoms with Gasteiger partial charge in [-0.05, 0) is 37.5 Å². The molecule has 2 N–H and O–H groups in total. The molecular weight excluding hydrogens is 276 g/mol. The molecule has 1 saturated heterocycles. The third kappa shape index (κ3) is 4.23. The Labute approximate surface area is 133 Å². The number of hydrogen-bond acceptors (Lipinski definition) is 3. The van der Waals surface area contributed by atoms with Gasteiger partial charge >= 0.3 is 0 Å². The lowest BCUT2D eigenvalue weighted by Crippen LogP contribution is -2.50. The number of ether oxygens (including phenoxy) is 1. The van der Waals surface area contributed by atoms with E-state index in [-0.39, 0.29) is 5.91 Å². The second-order valence-corrected chi connectivity index (χ2v) is 7.09. The van der Waals surface area contributed by atoms with Gasteiger partial charge in [-0.1, -0.05) is 26.0 Å². The van der Waals surface area contributed by atoms with Crippen LogP contribution in [0.25, 0.3) is 0 Å². The van der Waals surface area contributed by atoms with Crippen LogP contribution in [0.2, 0.25) is 0 Å². The average molecular weight is 304 g/mol. The van der Waals surface area contributed by atoms with Crippen LogP contribution in [0.15, 0.2) is 24.3 Å². The Morgan fingerprint density at radius 2 is 1.95 bits per heavy atom. The summed E-state index contributed by atoms with van der Waals surface area (Å²) in [7, 11) is 0. The van der Waals surface area contributed by atoms with E-state index in [1.807, 2.05) is 38.1 Å². The molecule has 0 atom stereocenters. The van der Waals surface area contributed by atoms with E-state index >= 15 is 0 Å². The topological polar surface area (TPSA) is 50.4 Å². The Morgan fingerprint density at radius 3 is 2.45 bits per heavy atom. The van der Waals surface area contributed by atoms with E-state index in [0.29, 0.717) is 18.4 Å². The highest BCUT2D eigenvalue weighted by Crippen LogP contribution is 2.26. The predicted octanol–water partition coefficient (Wildman–Crippen LogP) is 2.33. The minimum atomic E-state index is -0.534. The van der Waals surface area contributed by atoms with Crippen molar-refractivity contribution < 1.29 is 9.53 Å². The van der Waals surface area contributed by atoms with Crippen LogP contribution in [0.3, 0.4) is 0 Å². The number of nitrogens with one attached hydrogen (secondary N) is 2. The zero-order valence-corrected chi connectivity index (χ0v) is 14.1. The van der Waals surface area contributed by atoms with Crippen LogP contribution in [0, 0.1) is 11.8 Å². The summed E-state index contributed by atoms with van der Waals surface area (Å²) < 4.78 is 5.69. The molecule has 0 aliphatic carbocycles. The number of carbonyl (C=O) groups is 1. The van der Waals surface area contributed by atoms with Gasteiger partial charge in [0.2, 0.25) is 5.91 Å². The van der Waals surface area contributed by atoms with Crippen molar-refractivity contribution in [2.45, 2.75) is 33.1 Å². The van der Waals surface area contributed by atoms with E-state index < -0.39 is 5.41 Å². The molecule has 1 aliphatic heterocycles. The maximum absolute atomic E-state index is 12.4. The first-order valence-electron chi connectivity index (χ1n) is 8.12. The predicted molar refractivity (Wildman–Crippen MR) is 89.2 cm³/mol. The molecule has 1 aromatic rings. The standard InChI is InChI=1S/C18H28N2O2/c1-13(2)12-22-16-7-5-15(6-8-16)18(3,4)17(21)20-11-14-9-19-10-14/h5-8,13-14,19H,9-12H2,1-4H3,(H,20,21). The zero-order valence-electron chi connectivity index (χ0n) is 14.1. The van der Waals surface area contributed by atoms with E-state index in [1.165, 1.54) is 0 Å². The van der Waals surface area contributed by atoms with E-state index in [1.54, 1.807) is 0 Å². The quantitative estimate of drug-likeness (QED) is 0.813. The summed E-state index contributed by atoms with van der Waals surface area (Å²) in [4.78, 5) is 12.4. The average Bonchev–Trinajstić information content (AvgIpc) is 2.43. The zero-order chi connectivity index (χ0) is 16.2. The van der Waals surface area contributed by atoms with Crippen molar-refractivity contribution in [1.29, 1.82) is 0 Å². The van der Waals surface area contributed by atoms with Crippen molar-refractivity contribution in [3.8, 4) is 5.75 Å². The minimum absolute atomic E-state index is 0.0789. The Hall–Kier alpha value is -1.55. The Morgan fingerprint density at radius 1 is 1.32 bits per heavy atom. The van der Waals surface area contributed by atoms with Crippen molar-refractivity contribution >= 4 is 5.91 Å². The Kier molecular flexibility index (Phi) is 5.46. The monoisotopic (exact) mass is 304 g/mol. The number of amides is 1. The molecule has 1 aromatic carbocycles. The molecule has 0 saturated carbocycles. The van der Waals surface area contributed by atoms with Gasteiger partial charge in [-0.2, -0.15) is 0 Å². The highest BCUT2D eigenvalue weighted by molar-refractivity contribution is 5.87. The molecule has 0 spiro atoms. The third-order valence-corrected chi connectivity index (χ3v) is 4.14. The first-order valence-corrected chi connectivity index (χ1v) is 8.12. The molecule has 4 nitrogen and oxygen atoms in total. The maximum Gasteiger partial charge on any atom is 0.230 e. The fraction of sp³-hybridized carbons (Fsp3) is 0.611. The molecular formula is C18H28N2O2. The highest BCUT2D eigenvalue weighted by Gasteiger charge is 2.30. The van der Waals surface area contributed by atoms with Crippen molar-refractivity contribution in [2.75, 3.05) is 26.2 Å². The van der Waals surface area contributed by atoms with Crippen molar-refractivity contribution in [1.82, 2.24) is 10.6 Å². The Bertz CT molecular complexity index is 490. The summed E-state index contributed by atoms with van der Waals surface area (Å²) in [6.45, 7) is 11.6. The lowest BCUT2D eigenvalue weighted by molar-refractivity contribution is -0.125. The molecule has 0 unspecified atom stereocenters. The number of benzene rings is 1. The van der Waals surface area contributed by atoms with Crippen LogP contribution in [-0.4, -0.2) is 32.1 Å². The molecule has 2 rings (SSSR count). The lowest BCUT2D eigenvalue weighted by atomic mass is 9.83. The second-order valence-electron chi connectivity index (χ2n) is 7.09. The van der Waals surface area contributed by atoms with Gasteiger partial charge in [0.1, 0.15) is 5.75 Å².